The molecule has 2 aromatic carbocycles. The molecule has 3 rings (SSSR count). The quantitative estimate of drug-likeness (QED) is 0.827. The van der Waals surface area contributed by atoms with Crippen LogP contribution in [-0.4, -0.2) is 32.1 Å². The van der Waals surface area contributed by atoms with Crippen molar-refractivity contribution in [3.05, 3.63) is 59.7 Å². The van der Waals surface area contributed by atoms with Crippen LogP contribution in [0.2, 0.25) is 0 Å². The van der Waals surface area contributed by atoms with Crippen LogP contribution in [0.1, 0.15) is 29.8 Å². The molecule has 1 aliphatic rings. The monoisotopic (exact) mass is 372 g/mol. The zero-order valence-corrected chi connectivity index (χ0v) is 14.9. The molecule has 7 nitrogen and oxygen atoms in total. The number of fused-ring (bicyclic) bond motifs is 1. The zero-order valence-electron chi connectivity index (χ0n) is 14.1. The highest BCUT2D eigenvalue weighted by Gasteiger charge is 2.28. The average Bonchev–Trinajstić information content (AvgIpc) is 2.86. The summed E-state index contributed by atoms with van der Waals surface area (Å²) in [6.07, 6.45) is -0.810. The molecule has 0 saturated heterocycles. The lowest BCUT2D eigenvalue weighted by molar-refractivity contribution is -0.124. The van der Waals surface area contributed by atoms with E-state index in [4.69, 9.17) is 4.74 Å². The number of rotatable bonds is 4. The maximum atomic E-state index is 12.0. The van der Waals surface area contributed by atoms with Gasteiger partial charge in [0.05, 0.1) is 5.56 Å². The number of esters is 1. The van der Waals surface area contributed by atoms with Gasteiger partial charge >= 0.3 is 5.97 Å². The van der Waals surface area contributed by atoms with E-state index in [1.54, 1.807) is 30.3 Å². The number of benzene rings is 2. The van der Waals surface area contributed by atoms with Crippen LogP contribution in [0.25, 0.3) is 0 Å². The van der Waals surface area contributed by atoms with Gasteiger partial charge in [-0.25, -0.2) is 4.79 Å². The summed E-state index contributed by atoms with van der Waals surface area (Å²) in [6, 6.07) is 12.8. The molecule has 1 heterocycles. The van der Waals surface area contributed by atoms with Gasteiger partial charge in [-0.2, -0.15) is 8.42 Å². The molecule has 0 unspecified atom stereocenters. The number of Topliss-reactive ketones (excluding diaryl/α,β-unsaturated/α-hetero) is 1. The highest BCUT2D eigenvalue weighted by Crippen LogP contribution is 2.26. The van der Waals surface area contributed by atoms with Gasteiger partial charge in [0.1, 0.15) is 4.90 Å². The summed E-state index contributed by atoms with van der Waals surface area (Å²) in [7, 11) is -3.70. The Labute approximate surface area is 150 Å². The molecule has 0 aliphatic carbocycles. The van der Waals surface area contributed by atoms with Crippen molar-refractivity contribution < 1.29 is 22.7 Å². The van der Waals surface area contributed by atoms with Crippen LogP contribution in [0, 0.1) is 0 Å². The van der Waals surface area contributed by atoms with Gasteiger partial charge in [0.25, 0.3) is 10.0 Å². The fourth-order valence-corrected chi connectivity index (χ4v) is 3.51. The lowest BCUT2D eigenvalue weighted by atomic mass is 10.1. The minimum absolute atomic E-state index is 0.154. The number of carbonyl (C=O) groups is 2. The van der Waals surface area contributed by atoms with Crippen LogP contribution in [0.15, 0.2) is 57.8 Å². The number of nitrogens with zero attached hydrogens (tertiary/aromatic N) is 1. The van der Waals surface area contributed by atoms with Crippen LogP contribution < -0.4 is 5.32 Å². The minimum Gasteiger partial charge on any atom is -0.451 e. The molecule has 0 fully saturated rings. The summed E-state index contributed by atoms with van der Waals surface area (Å²) in [5.74, 6) is -0.623. The van der Waals surface area contributed by atoms with Crippen LogP contribution in [-0.2, 0) is 19.6 Å². The van der Waals surface area contributed by atoms with E-state index in [0.717, 1.165) is 0 Å². The van der Waals surface area contributed by atoms with E-state index in [1.165, 1.54) is 32.0 Å². The first-order valence-electron chi connectivity index (χ1n) is 7.81. The molecule has 0 amide bonds. The van der Waals surface area contributed by atoms with Crippen LogP contribution in [0.3, 0.4) is 0 Å². The highest BCUT2D eigenvalue weighted by molar-refractivity contribution is 7.90. The molecule has 0 spiro atoms. The Bertz CT molecular complexity index is 1010. The molecule has 26 heavy (non-hydrogen) atoms. The smallest absolute Gasteiger partial charge is 0.338 e. The molecular weight excluding hydrogens is 356 g/mol. The molecule has 1 atom stereocenters. The Hall–Kier alpha value is -3.00. The van der Waals surface area contributed by atoms with E-state index in [-0.39, 0.29) is 22.1 Å². The Morgan fingerprint density at radius 2 is 1.73 bits per heavy atom. The minimum atomic E-state index is -3.70. The number of nitrogens with one attached hydrogen (secondary N) is 1. The van der Waals surface area contributed by atoms with Gasteiger partial charge in [-0.3, -0.25) is 4.79 Å². The summed E-state index contributed by atoms with van der Waals surface area (Å²) in [4.78, 5) is 23.3. The lowest BCUT2D eigenvalue weighted by Crippen LogP contribution is -2.21. The van der Waals surface area contributed by atoms with Crippen molar-refractivity contribution in [3.63, 3.8) is 0 Å². The van der Waals surface area contributed by atoms with Crippen molar-refractivity contribution in [2.75, 3.05) is 5.32 Å². The largest absolute Gasteiger partial charge is 0.451 e. The normalized spacial score (nSPS) is 15.5. The third-order valence-corrected chi connectivity index (χ3v) is 5.21. The van der Waals surface area contributed by atoms with Crippen molar-refractivity contribution in [1.29, 1.82) is 0 Å². The molecule has 1 N–H and O–H groups in total. The van der Waals surface area contributed by atoms with E-state index >= 15 is 0 Å². The number of sulfonamides is 1. The predicted octanol–water partition coefficient (Wildman–Crippen LogP) is 2.38. The molecule has 1 aliphatic heterocycles. The summed E-state index contributed by atoms with van der Waals surface area (Å²) < 4.78 is 32.9. The Balaban J connectivity index is 1.77. The Morgan fingerprint density at radius 1 is 1.08 bits per heavy atom. The fraction of sp³-hybridized carbons (Fsp3) is 0.167. The first-order chi connectivity index (χ1) is 12.3. The van der Waals surface area contributed by atoms with Crippen LogP contribution >= 0.6 is 0 Å². The molecule has 2 aromatic rings. The first kappa shape index (κ1) is 17.8. The lowest BCUT2D eigenvalue weighted by Gasteiger charge is -2.11. The maximum absolute atomic E-state index is 12.0. The average molecular weight is 372 g/mol. The van der Waals surface area contributed by atoms with Crippen molar-refractivity contribution in [3.8, 4) is 0 Å². The Kier molecular flexibility index (Phi) is 4.60. The number of hydrogen-bond acceptors (Lipinski definition) is 6. The molecule has 0 bridgehead atoms. The third-order valence-electron chi connectivity index (χ3n) is 3.87. The van der Waals surface area contributed by atoms with Crippen LogP contribution in [0.4, 0.5) is 5.69 Å². The molecule has 0 aromatic heterocycles. The van der Waals surface area contributed by atoms with Gasteiger partial charge in [0, 0.05) is 11.3 Å². The maximum Gasteiger partial charge on any atom is 0.338 e. The highest BCUT2D eigenvalue weighted by atomic mass is 32.2. The van der Waals surface area contributed by atoms with Crippen molar-refractivity contribution >= 4 is 33.3 Å². The number of carbonyl (C=O) groups excluding carboxylic acids is 2. The van der Waals surface area contributed by atoms with Gasteiger partial charge in [0.15, 0.2) is 17.7 Å². The number of amidine groups is 1. The van der Waals surface area contributed by atoms with Gasteiger partial charge in [0.2, 0.25) is 0 Å². The molecule has 0 radical (unpaired) electrons. The van der Waals surface area contributed by atoms with Crippen molar-refractivity contribution in [1.82, 2.24) is 0 Å². The predicted molar refractivity (Wildman–Crippen MR) is 95.8 cm³/mol. The summed E-state index contributed by atoms with van der Waals surface area (Å²) in [5.41, 5.74) is 1.34. The van der Waals surface area contributed by atoms with Crippen LogP contribution in [0.5, 0.6) is 0 Å². The van der Waals surface area contributed by atoms with Crippen molar-refractivity contribution in [2.24, 2.45) is 4.40 Å². The van der Waals surface area contributed by atoms with Crippen molar-refractivity contribution in [2.45, 2.75) is 24.8 Å². The standard InChI is InChI=1S/C18H16N2O5S/c1-11(21)12(2)25-18(22)13-7-9-14(10-8-13)19-17-15-5-3-4-6-16(15)26(23,24)20-17/h3-10,12H,1-2H3,(H,19,20)/t12-/m0/s1. The van der Waals surface area contributed by atoms with Gasteiger partial charge < -0.3 is 10.1 Å². The van der Waals surface area contributed by atoms with Gasteiger partial charge in [-0.05, 0) is 50.2 Å². The molecule has 134 valence electrons. The van der Waals surface area contributed by atoms with E-state index in [0.29, 0.717) is 11.3 Å². The number of ketones is 1. The SMILES string of the molecule is CC(=O)[C@H](C)OC(=O)c1ccc(NC2=NS(=O)(=O)c3ccccc32)cc1. The summed E-state index contributed by atoms with van der Waals surface area (Å²) >= 11 is 0. The first-order valence-corrected chi connectivity index (χ1v) is 9.25. The molecule has 8 heteroatoms. The Morgan fingerprint density at radius 3 is 2.38 bits per heavy atom. The van der Waals surface area contributed by atoms with E-state index in [9.17, 15) is 18.0 Å². The fourth-order valence-electron chi connectivity index (χ4n) is 2.33. The van der Waals surface area contributed by atoms with E-state index in [1.807, 2.05) is 0 Å². The summed E-state index contributed by atoms with van der Waals surface area (Å²) in [5, 5.41) is 2.94. The number of hydrogen-bond donors (Lipinski definition) is 1. The number of ether oxygens (including phenoxy) is 1. The molecule has 0 saturated carbocycles. The topological polar surface area (TPSA) is 102 Å². The summed E-state index contributed by atoms with van der Waals surface area (Å²) in [6.45, 7) is 2.85. The number of anilines is 1. The molecular formula is C18H16N2O5S. The van der Waals surface area contributed by atoms with E-state index < -0.39 is 22.1 Å². The second kappa shape index (κ2) is 6.72. The van der Waals surface area contributed by atoms with Gasteiger partial charge in [-0.15, -0.1) is 4.40 Å². The zero-order chi connectivity index (χ0) is 18.9. The second-order valence-corrected chi connectivity index (χ2v) is 7.34. The van der Waals surface area contributed by atoms with Gasteiger partial charge in [-0.1, -0.05) is 12.1 Å². The van der Waals surface area contributed by atoms with E-state index in [2.05, 4.69) is 9.71 Å². The third kappa shape index (κ3) is 3.50. The second-order valence-electron chi connectivity index (χ2n) is 5.77.